The highest BCUT2D eigenvalue weighted by atomic mass is 35.5. The van der Waals surface area contributed by atoms with Crippen molar-refractivity contribution < 1.29 is 19.4 Å². The SMILES string of the molecule is CC[C@H]1CN(c2ccc([C@]3(Cn4cc5ccc(Cl)cc5c4O)NC(=O)NC3=O)cc2)[C@H](C)CO1. The predicted molar refractivity (Wildman–Crippen MR) is 130 cm³/mol. The lowest BCUT2D eigenvalue weighted by atomic mass is 9.89. The van der Waals surface area contributed by atoms with Crippen LogP contribution in [0.25, 0.3) is 10.8 Å². The number of benzene rings is 2. The molecule has 2 aliphatic rings. The van der Waals surface area contributed by atoms with Crippen LogP contribution in [0.4, 0.5) is 10.5 Å². The second kappa shape index (κ2) is 8.52. The normalized spacial score (nSPS) is 25.0. The molecule has 2 saturated heterocycles. The number of nitrogens with zero attached hydrogens (tertiary/aromatic N) is 2. The van der Waals surface area contributed by atoms with Crippen LogP contribution < -0.4 is 15.5 Å². The number of nitrogens with one attached hydrogen (secondary N) is 2. The zero-order valence-electron chi connectivity index (χ0n) is 19.0. The molecule has 2 aromatic carbocycles. The van der Waals surface area contributed by atoms with Crippen LogP contribution in [0, 0.1) is 0 Å². The van der Waals surface area contributed by atoms with Gasteiger partial charge in [0, 0.05) is 40.3 Å². The van der Waals surface area contributed by atoms with Crippen molar-refractivity contribution in [3.63, 3.8) is 0 Å². The number of morpholine rings is 1. The maximum Gasteiger partial charge on any atom is 0.322 e. The number of rotatable bonds is 5. The quantitative estimate of drug-likeness (QED) is 0.481. The topological polar surface area (TPSA) is 95.8 Å². The van der Waals surface area contributed by atoms with Crippen LogP contribution in [0.15, 0.2) is 48.7 Å². The van der Waals surface area contributed by atoms with Gasteiger partial charge in [-0.3, -0.25) is 10.1 Å². The summed E-state index contributed by atoms with van der Waals surface area (Å²) in [5.74, 6) is -0.485. The fourth-order valence-electron chi connectivity index (χ4n) is 4.85. The van der Waals surface area contributed by atoms with E-state index in [9.17, 15) is 14.7 Å². The van der Waals surface area contributed by atoms with Gasteiger partial charge in [0.15, 0.2) is 11.4 Å². The molecule has 2 fully saturated rings. The fraction of sp³-hybridized carbons (Fsp3) is 0.360. The number of hydrogen-bond donors (Lipinski definition) is 3. The van der Waals surface area contributed by atoms with Crippen LogP contribution in [0.2, 0.25) is 5.02 Å². The molecule has 0 spiro atoms. The summed E-state index contributed by atoms with van der Waals surface area (Å²) in [6, 6.07) is 12.5. The van der Waals surface area contributed by atoms with Crippen molar-refractivity contribution in [1.82, 2.24) is 15.2 Å². The average Bonchev–Trinajstić information content (AvgIpc) is 3.29. The molecule has 3 heterocycles. The molecule has 3 aromatic rings. The van der Waals surface area contributed by atoms with Gasteiger partial charge in [0.25, 0.3) is 5.91 Å². The average molecular weight is 483 g/mol. The maximum atomic E-state index is 13.1. The van der Waals surface area contributed by atoms with Gasteiger partial charge in [0.05, 0.1) is 19.3 Å². The van der Waals surface area contributed by atoms with Gasteiger partial charge in [-0.1, -0.05) is 36.7 Å². The molecule has 0 unspecified atom stereocenters. The molecular weight excluding hydrogens is 456 g/mol. The van der Waals surface area contributed by atoms with Crippen LogP contribution in [0.5, 0.6) is 5.88 Å². The van der Waals surface area contributed by atoms with Gasteiger partial charge in [-0.15, -0.1) is 0 Å². The van der Waals surface area contributed by atoms with E-state index in [1.165, 1.54) is 0 Å². The van der Waals surface area contributed by atoms with Crippen LogP contribution >= 0.6 is 11.6 Å². The molecule has 178 valence electrons. The summed E-state index contributed by atoms with van der Waals surface area (Å²) in [6.45, 7) is 5.71. The van der Waals surface area contributed by atoms with Gasteiger partial charge < -0.3 is 24.6 Å². The lowest BCUT2D eigenvalue weighted by Crippen LogP contribution is -2.48. The second-order valence-corrected chi connectivity index (χ2v) is 9.47. The van der Waals surface area contributed by atoms with Crippen molar-refractivity contribution in [3.8, 4) is 5.88 Å². The minimum Gasteiger partial charge on any atom is -0.494 e. The Kier molecular flexibility index (Phi) is 5.65. The maximum absolute atomic E-state index is 13.1. The van der Waals surface area contributed by atoms with E-state index in [1.807, 2.05) is 24.3 Å². The highest BCUT2D eigenvalue weighted by Gasteiger charge is 2.48. The largest absolute Gasteiger partial charge is 0.494 e. The molecule has 34 heavy (non-hydrogen) atoms. The Morgan fingerprint density at radius 1 is 1.21 bits per heavy atom. The van der Waals surface area contributed by atoms with Crippen molar-refractivity contribution >= 4 is 40.0 Å². The number of amides is 3. The number of aromatic nitrogens is 1. The molecule has 2 aliphatic heterocycles. The van der Waals surface area contributed by atoms with Crippen molar-refractivity contribution in [1.29, 1.82) is 0 Å². The Morgan fingerprint density at radius 2 is 1.97 bits per heavy atom. The number of hydrogen-bond acceptors (Lipinski definition) is 5. The lowest BCUT2D eigenvalue weighted by molar-refractivity contribution is -0.124. The number of carbonyl (C=O) groups excluding carboxylic acids is 2. The van der Waals surface area contributed by atoms with Crippen molar-refractivity contribution in [2.24, 2.45) is 0 Å². The Hall–Kier alpha value is -3.23. The van der Waals surface area contributed by atoms with Gasteiger partial charge in [0.1, 0.15) is 0 Å². The van der Waals surface area contributed by atoms with Crippen LogP contribution in [-0.4, -0.2) is 46.9 Å². The highest BCUT2D eigenvalue weighted by Crippen LogP contribution is 2.35. The molecule has 1 aromatic heterocycles. The molecule has 3 amide bonds. The zero-order chi connectivity index (χ0) is 24.0. The number of anilines is 1. The first-order valence-electron chi connectivity index (χ1n) is 11.4. The molecule has 0 saturated carbocycles. The molecule has 5 rings (SSSR count). The van der Waals surface area contributed by atoms with E-state index in [0.29, 0.717) is 22.6 Å². The third kappa shape index (κ3) is 3.76. The summed E-state index contributed by atoms with van der Waals surface area (Å²) < 4.78 is 7.44. The molecular formula is C25H27ClN4O4. The van der Waals surface area contributed by atoms with E-state index in [1.54, 1.807) is 29.0 Å². The minimum atomic E-state index is -1.37. The molecule has 3 N–H and O–H groups in total. The third-order valence-corrected chi connectivity index (χ3v) is 7.06. The van der Waals surface area contributed by atoms with Crippen molar-refractivity contribution in [2.45, 2.75) is 44.5 Å². The van der Waals surface area contributed by atoms with Crippen LogP contribution in [0.3, 0.4) is 0 Å². The van der Waals surface area contributed by atoms with Crippen LogP contribution in [0.1, 0.15) is 25.8 Å². The molecule has 0 aliphatic carbocycles. The van der Waals surface area contributed by atoms with E-state index < -0.39 is 17.5 Å². The number of fused-ring (bicyclic) bond motifs is 1. The molecule has 8 nitrogen and oxygen atoms in total. The number of ether oxygens (including phenoxy) is 1. The molecule has 0 radical (unpaired) electrons. The number of aromatic hydroxyl groups is 1. The Balaban J connectivity index is 1.50. The van der Waals surface area contributed by atoms with Crippen molar-refractivity contribution in [2.75, 3.05) is 18.1 Å². The van der Waals surface area contributed by atoms with E-state index in [0.717, 1.165) is 24.0 Å². The summed E-state index contributed by atoms with van der Waals surface area (Å²) in [7, 11) is 0. The van der Waals surface area contributed by atoms with Crippen molar-refractivity contribution in [3.05, 3.63) is 59.2 Å². The Morgan fingerprint density at radius 3 is 2.65 bits per heavy atom. The summed E-state index contributed by atoms with van der Waals surface area (Å²) in [5.41, 5.74) is 0.291. The zero-order valence-corrected chi connectivity index (χ0v) is 19.8. The molecule has 9 heteroatoms. The molecule has 3 atom stereocenters. The summed E-state index contributed by atoms with van der Waals surface area (Å²) in [6.07, 6.45) is 2.87. The number of carbonyl (C=O) groups is 2. The fourth-order valence-corrected chi connectivity index (χ4v) is 5.03. The van der Waals surface area contributed by atoms with Gasteiger partial charge in [0.2, 0.25) is 0 Å². The number of halogens is 1. The number of urea groups is 1. The number of imide groups is 1. The van der Waals surface area contributed by atoms with E-state index in [2.05, 4.69) is 29.4 Å². The van der Waals surface area contributed by atoms with Gasteiger partial charge >= 0.3 is 6.03 Å². The first-order valence-corrected chi connectivity index (χ1v) is 11.8. The first kappa shape index (κ1) is 22.6. The summed E-state index contributed by atoms with van der Waals surface area (Å²) in [5, 5.41) is 17.8. The van der Waals surface area contributed by atoms with Gasteiger partial charge in [-0.05, 0) is 43.2 Å². The van der Waals surface area contributed by atoms with Gasteiger partial charge in [-0.25, -0.2) is 4.79 Å². The molecule has 0 bridgehead atoms. The summed E-state index contributed by atoms with van der Waals surface area (Å²) in [4.78, 5) is 27.6. The monoisotopic (exact) mass is 482 g/mol. The van der Waals surface area contributed by atoms with E-state index >= 15 is 0 Å². The Labute approximate surface area is 202 Å². The smallest absolute Gasteiger partial charge is 0.322 e. The van der Waals surface area contributed by atoms with Crippen LogP contribution in [-0.2, 0) is 21.6 Å². The standard InChI is InChI=1S/C25H27ClN4O4/c1-3-20-12-30(15(2)13-34-20)19-8-5-17(6-9-19)25(23(32)27-24(33)28-25)14-29-11-16-4-7-18(26)10-21(16)22(29)31/h4-11,15,20,31H,3,12-14H2,1-2H3,(H2,27,28,32,33)/t15-,20+,25+/m1/s1. The second-order valence-electron chi connectivity index (χ2n) is 9.04. The third-order valence-electron chi connectivity index (χ3n) is 6.82. The van der Waals surface area contributed by atoms with E-state index in [4.69, 9.17) is 16.3 Å². The van der Waals surface area contributed by atoms with E-state index in [-0.39, 0.29) is 24.6 Å². The minimum absolute atomic E-state index is 0.0183. The first-order chi connectivity index (χ1) is 16.3. The van der Waals surface area contributed by atoms with Gasteiger partial charge in [-0.2, -0.15) is 0 Å². The Bertz CT molecular complexity index is 1260. The predicted octanol–water partition coefficient (Wildman–Crippen LogP) is 3.74. The highest BCUT2D eigenvalue weighted by molar-refractivity contribution is 6.31. The lowest BCUT2D eigenvalue weighted by Gasteiger charge is -2.39. The summed E-state index contributed by atoms with van der Waals surface area (Å²) >= 11 is 6.09.